The summed E-state index contributed by atoms with van der Waals surface area (Å²) in [6.07, 6.45) is 0.203. The Bertz CT molecular complexity index is 1740. The Kier molecular flexibility index (Phi) is 11.7. The van der Waals surface area contributed by atoms with Crippen molar-refractivity contribution in [2.24, 2.45) is 0 Å². The van der Waals surface area contributed by atoms with Crippen LogP contribution in [0.4, 0.5) is 5.69 Å². The van der Waals surface area contributed by atoms with Gasteiger partial charge in [-0.2, -0.15) is 0 Å². The van der Waals surface area contributed by atoms with Crippen LogP contribution in [0, 0.1) is 0 Å². The Labute approximate surface area is 275 Å². The molecule has 1 unspecified atom stereocenters. The molecule has 0 aliphatic heterocycles. The minimum Gasteiger partial charge on any atom is -0.497 e. The molecule has 0 heterocycles. The SMILES string of the molecule is COc1cccc(CN(C(=O)CN(c2ccc(OC)c(Cl)c2)S(=O)(=O)c2ccccc2)C(Cc2ccccc2)C(=O)NC(C)C)c1. The van der Waals surface area contributed by atoms with Crippen molar-refractivity contribution in [1.29, 1.82) is 0 Å². The lowest BCUT2D eigenvalue weighted by Crippen LogP contribution is -2.54. The second-order valence-corrected chi connectivity index (χ2v) is 13.2. The monoisotopic (exact) mass is 663 g/mol. The summed E-state index contributed by atoms with van der Waals surface area (Å²) in [4.78, 5) is 29.8. The number of amides is 2. The molecule has 4 aromatic rings. The van der Waals surface area contributed by atoms with Crippen LogP contribution in [0.2, 0.25) is 5.02 Å². The highest BCUT2D eigenvalue weighted by Crippen LogP contribution is 2.32. The van der Waals surface area contributed by atoms with Crippen LogP contribution < -0.4 is 19.1 Å². The van der Waals surface area contributed by atoms with Gasteiger partial charge in [-0.05, 0) is 67.4 Å². The molecule has 0 bridgehead atoms. The molecular weight excluding hydrogens is 626 g/mol. The van der Waals surface area contributed by atoms with Crippen LogP contribution in [-0.4, -0.2) is 58.0 Å². The van der Waals surface area contributed by atoms with Crippen LogP contribution in [0.15, 0.2) is 108 Å². The Hall–Kier alpha value is -4.54. The topological polar surface area (TPSA) is 105 Å². The number of carbonyl (C=O) groups excluding carboxylic acids is 2. The molecule has 0 aliphatic carbocycles. The van der Waals surface area contributed by atoms with Crippen LogP contribution in [-0.2, 0) is 32.6 Å². The molecule has 0 saturated carbocycles. The van der Waals surface area contributed by atoms with E-state index < -0.39 is 28.5 Å². The van der Waals surface area contributed by atoms with E-state index in [1.165, 1.54) is 42.3 Å². The van der Waals surface area contributed by atoms with E-state index in [4.69, 9.17) is 21.1 Å². The number of hydrogen-bond acceptors (Lipinski definition) is 6. The number of nitrogens with zero attached hydrogens (tertiary/aromatic N) is 2. The maximum atomic E-state index is 14.5. The fourth-order valence-electron chi connectivity index (χ4n) is 4.96. The molecule has 1 N–H and O–H groups in total. The molecule has 242 valence electrons. The lowest BCUT2D eigenvalue weighted by atomic mass is 10.0. The van der Waals surface area contributed by atoms with Crippen molar-refractivity contribution < 1.29 is 27.5 Å². The van der Waals surface area contributed by atoms with Crippen molar-refractivity contribution in [1.82, 2.24) is 10.2 Å². The number of halogens is 1. The second kappa shape index (κ2) is 15.6. The number of benzene rings is 4. The number of anilines is 1. The van der Waals surface area contributed by atoms with Gasteiger partial charge in [0.15, 0.2) is 0 Å². The maximum absolute atomic E-state index is 14.5. The molecule has 0 fully saturated rings. The highest BCUT2D eigenvalue weighted by Gasteiger charge is 2.35. The van der Waals surface area contributed by atoms with Gasteiger partial charge in [0.25, 0.3) is 10.0 Å². The molecule has 0 aromatic heterocycles. The first-order chi connectivity index (χ1) is 22.0. The van der Waals surface area contributed by atoms with Gasteiger partial charge in [-0.15, -0.1) is 0 Å². The van der Waals surface area contributed by atoms with Gasteiger partial charge in [-0.25, -0.2) is 8.42 Å². The average Bonchev–Trinajstić information content (AvgIpc) is 3.05. The van der Waals surface area contributed by atoms with E-state index >= 15 is 0 Å². The Morgan fingerprint density at radius 1 is 0.826 bits per heavy atom. The molecule has 11 heteroatoms. The molecule has 0 saturated heterocycles. The normalized spacial score (nSPS) is 11.9. The first-order valence-corrected chi connectivity index (χ1v) is 16.5. The summed E-state index contributed by atoms with van der Waals surface area (Å²) in [7, 11) is -1.26. The molecule has 0 radical (unpaired) electrons. The van der Waals surface area contributed by atoms with Gasteiger partial charge in [-0.1, -0.05) is 72.3 Å². The number of nitrogens with one attached hydrogen (secondary N) is 1. The molecule has 1 atom stereocenters. The summed E-state index contributed by atoms with van der Waals surface area (Å²) in [6.45, 7) is 3.09. The first-order valence-electron chi connectivity index (χ1n) is 14.7. The van der Waals surface area contributed by atoms with Gasteiger partial charge < -0.3 is 19.7 Å². The first kappa shape index (κ1) is 34.3. The lowest BCUT2D eigenvalue weighted by molar-refractivity contribution is -0.140. The molecule has 0 spiro atoms. The van der Waals surface area contributed by atoms with Crippen molar-refractivity contribution in [3.8, 4) is 11.5 Å². The lowest BCUT2D eigenvalue weighted by Gasteiger charge is -2.34. The van der Waals surface area contributed by atoms with Crippen molar-refractivity contribution in [2.75, 3.05) is 25.1 Å². The van der Waals surface area contributed by atoms with E-state index in [0.29, 0.717) is 17.1 Å². The summed E-state index contributed by atoms with van der Waals surface area (Å²) in [5.41, 5.74) is 1.70. The summed E-state index contributed by atoms with van der Waals surface area (Å²) in [5.74, 6) is -0.0202. The van der Waals surface area contributed by atoms with Gasteiger partial charge >= 0.3 is 0 Å². The van der Waals surface area contributed by atoms with Crippen LogP contribution in [0.3, 0.4) is 0 Å². The summed E-state index contributed by atoms with van der Waals surface area (Å²) >= 11 is 6.43. The second-order valence-electron chi connectivity index (χ2n) is 10.9. The van der Waals surface area contributed by atoms with E-state index in [9.17, 15) is 18.0 Å². The quantitative estimate of drug-likeness (QED) is 0.185. The highest BCUT2D eigenvalue weighted by atomic mass is 35.5. The maximum Gasteiger partial charge on any atom is 0.264 e. The fraction of sp³-hybridized carbons (Fsp3) is 0.257. The number of rotatable bonds is 14. The Morgan fingerprint density at radius 3 is 2.09 bits per heavy atom. The average molecular weight is 664 g/mol. The number of carbonyl (C=O) groups is 2. The van der Waals surface area contributed by atoms with Gasteiger partial charge in [0, 0.05) is 19.0 Å². The third-order valence-electron chi connectivity index (χ3n) is 7.22. The van der Waals surface area contributed by atoms with E-state index in [1.54, 1.807) is 43.5 Å². The third kappa shape index (κ3) is 8.58. The molecule has 4 rings (SSSR count). The number of ether oxygens (including phenoxy) is 2. The zero-order chi connectivity index (χ0) is 33.3. The standard InChI is InChI=1S/C35H38ClN3O6S/c1-25(2)37-35(41)32(21-26-12-7-5-8-13-26)38(23-27-14-11-15-29(20-27)44-3)34(40)24-39(28-18-19-33(45-4)31(36)22-28)46(42,43)30-16-9-6-10-17-30/h5-20,22,25,32H,21,23-24H2,1-4H3,(H,37,41). The van der Waals surface area contributed by atoms with E-state index in [2.05, 4.69) is 5.32 Å². The summed E-state index contributed by atoms with van der Waals surface area (Å²) in [6, 6.07) is 27.7. The number of sulfonamides is 1. The van der Waals surface area contributed by atoms with Crippen molar-refractivity contribution >= 4 is 39.1 Å². The minimum atomic E-state index is -4.26. The van der Waals surface area contributed by atoms with Crippen molar-refractivity contribution in [3.05, 3.63) is 119 Å². The van der Waals surface area contributed by atoms with Crippen molar-refractivity contribution in [3.63, 3.8) is 0 Å². The predicted octanol–water partition coefficient (Wildman–Crippen LogP) is 5.72. The molecule has 2 amide bonds. The molecule has 9 nitrogen and oxygen atoms in total. The van der Waals surface area contributed by atoms with Crippen LogP contribution in [0.25, 0.3) is 0 Å². The van der Waals surface area contributed by atoms with E-state index in [-0.39, 0.29) is 40.5 Å². The minimum absolute atomic E-state index is 0.00697. The number of hydrogen-bond donors (Lipinski definition) is 1. The predicted molar refractivity (Wildman–Crippen MR) is 180 cm³/mol. The van der Waals surface area contributed by atoms with Gasteiger partial charge in [0.2, 0.25) is 11.8 Å². The van der Waals surface area contributed by atoms with Gasteiger partial charge in [0.05, 0.1) is 29.8 Å². The molecular formula is C35H38ClN3O6S. The Balaban J connectivity index is 1.83. The van der Waals surface area contributed by atoms with Crippen LogP contribution >= 0.6 is 11.6 Å². The van der Waals surface area contributed by atoms with Crippen molar-refractivity contribution in [2.45, 2.75) is 43.8 Å². The molecule has 4 aromatic carbocycles. The smallest absolute Gasteiger partial charge is 0.264 e. The largest absolute Gasteiger partial charge is 0.497 e. The summed E-state index contributed by atoms with van der Waals surface area (Å²) < 4.78 is 39.9. The van der Waals surface area contributed by atoms with Crippen LogP contribution in [0.1, 0.15) is 25.0 Å². The third-order valence-corrected chi connectivity index (χ3v) is 9.31. The molecule has 0 aliphatic rings. The Morgan fingerprint density at radius 2 is 1.48 bits per heavy atom. The zero-order valence-corrected chi connectivity index (χ0v) is 27.8. The highest BCUT2D eigenvalue weighted by molar-refractivity contribution is 7.92. The fourth-order valence-corrected chi connectivity index (χ4v) is 6.64. The van der Waals surface area contributed by atoms with Gasteiger partial charge in [0.1, 0.15) is 24.1 Å². The van der Waals surface area contributed by atoms with Gasteiger partial charge in [-0.3, -0.25) is 13.9 Å². The summed E-state index contributed by atoms with van der Waals surface area (Å²) in [5, 5.41) is 3.12. The van der Waals surface area contributed by atoms with Crippen LogP contribution in [0.5, 0.6) is 11.5 Å². The van der Waals surface area contributed by atoms with E-state index in [0.717, 1.165) is 9.87 Å². The molecule has 46 heavy (non-hydrogen) atoms. The number of methoxy groups -OCH3 is 2. The van der Waals surface area contributed by atoms with E-state index in [1.807, 2.05) is 50.2 Å². The zero-order valence-electron chi connectivity index (χ0n) is 26.2.